The number of anilines is 2. The maximum atomic E-state index is 12.7. The highest BCUT2D eigenvalue weighted by molar-refractivity contribution is 5.93. The summed E-state index contributed by atoms with van der Waals surface area (Å²) in [6.07, 6.45) is 3.57. The second-order valence-electron chi connectivity index (χ2n) is 8.22. The van der Waals surface area contributed by atoms with Gasteiger partial charge < -0.3 is 10.2 Å². The van der Waals surface area contributed by atoms with Gasteiger partial charge in [0.2, 0.25) is 0 Å². The van der Waals surface area contributed by atoms with E-state index in [1.54, 1.807) is 6.07 Å². The van der Waals surface area contributed by atoms with Crippen molar-refractivity contribution in [2.45, 2.75) is 46.0 Å². The third kappa shape index (κ3) is 4.40. The maximum absolute atomic E-state index is 12.7. The molecule has 26 heavy (non-hydrogen) atoms. The first-order chi connectivity index (χ1) is 12.3. The van der Waals surface area contributed by atoms with Crippen LogP contribution in [-0.4, -0.2) is 33.9 Å². The molecule has 1 aliphatic rings. The van der Waals surface area contributed by atoms with Gasteiger partial charge in [0.25, 0.3) is 5.91 Å². The van der Waals surface area contributed by atoms with Gasteiger partial charge in [-0.05, 0) is 41.9 Å². The molecular weight excluding hydrogens is 324 g/mol. The van der Waals surface area contributed by atoms with Crippen molar-refractivity contribution in [3.63, 3.8) is 0 Å². The lowest BCUT2D eigenvalue weighted by Gasteiger charge is -2.30. The van der Waals surface area contributed by atoms with Gasteiger partial charge in [-0.1, -0.05) is 39.8 Å². The summed E-state index contributed by atoms with van der Waals surface area (Å²) in [5.74, 6) is 1.32. The Kier molecular flexibility index (Phi) is 5.25. The topological polar surface area (TPSA) is 58.1 Å². The quantitative estimate of drug-likeness (QED) is 0.890. The fraction of sp³-hybridized carbons (Fsp3) is 0.476. The van der Waals surface area contributed by atoms with Gasteiger partial charge >= 0.3 is 0 Å². The largest absolute Gasteiger partial charge is 0.340 e. The Labute approximate surface area is 155 Å². The molecule has 3 rings (SSSR count). The van der Waals surface area contributed by atoms with Crippen molar-refractivity contribution in [2.75, 3.05) is 18.4 Å². The number of amides is 1. The molecule has 5 heteroatoms. The van der Waals surface area contributed by atoms with Gasteiger partial charge in [0.05, 0.1) is 0 Å². The van der Waals surface area contributed by atoms with E-state index in [-0.39, 0.29) is 11.3 Å². The van der Waals surface area contributed by atoms with Crippen molar-refractivity contribution in [3.8, 4) is 0 Å². The normalized spacial score (nSPS) is 15.8. The molecule has 5 nitrogen and oxygen atoms in total. The van der Waals surface area contributed by atoms with E-state index in [9.17, 15) is 4.79 Å². The van der Waals surface area contributed by atoms with E-state index in [0.29, 0.717) is 17.4 Å². The van der Waals surface area contributed by atoms with Crippen LogP contribution in [0.3, 0.4) is 0 Å². The highest BCUT2D eigenvalue weighted by Gasteiger charge is 2.22. The fourth-order valence-corrected chi connectivity index (χ4v) is 3.12. The number of hydrogen-bond acceptors (Lipinski definition) is 4. The summed E-state index contributed by atoms with van der Waals surface area (Å²) in [4.78, 5) is 23.0. The minimum absolute atomic E-state index is 0.00886. The number of hydrogen-bond donors (Lipinski definition) is 1. The first-order valence-electron chi connectivity index (χ1n) is 9.32. The second-order valence-corrected chi connectivity index (χ2v) is 8.22. The summed E-state index contributed by atoms with van der Waals surface area (Å²) in [7, 11) is 0. The number of nitrogens with one attached hydrogen (secondary N) is 1. The summed E-state index contributed by atoms with van der Waals surface area (Å²) < 4.78 is 0. The first-order valence-corrected chi connectivity index (χ1v) is 9.32. The summed E-state index contributed by atoms with van der Waals surface area (Å²) in [6.45, 7) is 10.4. The van der Waals surface area contributed by atoms with Crippen molar-refractivity contribution < 1.29 is 4.79 Å². The van der Waals surface area contributed by atoms with E-state index in [0.717, 1.165) is 31.6 Å². The monoisotopic (exact) mass is 352 g/mol. The van der Waals surface area contributed by atoms with Gasteiger partial charge in [0.1, 0.15) is 17.8 Å². The molecule has 2 heterocycles. The minimum Gasteiger partial charge on any atom is -0.340 e. The smallest absolute Gasteiger partial charge is 0.272 e. The van der Waals surface area contributed by atoms with Crippen LogP contribution < -0.4 is 5.32 Å². The molecule has 1 aromatic heterocycles. The Hall–Kier alpha value is -2.43. The van der Waals surface area contributed by atoms with Crippen LogP contribution in [0.15, 0.2) is 36.7 Å². The highest BCUT2D eigenvalue weighted by Crippen LogP contribution is 2.25. The number of aromatic nitrogens is 2. The molecule has 1 saturated heterocycles. The van der Waals surface area contributed by atoms with Crippen LogP contribution in [0.25, 0.3) is 0 Å². The molecule has 138 valence electrons. The molecule has 0 saturated carbocycles. The van der Waals surface area contributed by atoms with Crippen LogP contribution in [-0.2, 0) is 5.41 Å². The molecule has 1 aliphatic heterocycles. The average molecular weight is 352 g/mol. The average Bonchev–Trinajstić information content (AvgIpc) is 2.62. The third-order valence-corrected chi connectivity index (χ3v) is 4.98. The Balaban J connectivity index is 1.70. The van der Waals surface area contributed by atoms with Crippen LogP contribution in [0.2, 0.25) is 0 Å². The van der Waals surface area contributed by atoms with E-state index in [1.807, 2.05) is 17.0 Å². The molecule has 1 N–H and O–H groups in total. The third-order valence-electron chi connectivity index (χ3n) is 4.98. The summed E-state index contributed by atoms with van der Waals surface area (Å²) in [5, 5.41) is 3.27. The van der Waals surface area contributed by atoms with Gasteiger partial charge in [0, 0.05) is 24.8 Å². The van der Waals surface area contributed by atoms with Crippen LogP contribution >= 0.6 is 0 Å². The molecule has 0 aliphatic carbocycles. The molecule has 0 bridgehead atoms. The number of carbonyl (C=O) groups is 1. The second kappa shape index (κ2) is 7.44. The van der Waals surface area contributed by atoms with E-state index in [1.165, 1.54) is 11.9 Å². The van der Waals surface area contributed by atoms with Gasteiger partial charge in [-0.2, -0.15) is 0 Å². The Morgan fingerprint density at radius 1 is 1.12 bits per heavy atom. The van der Waals surface area contributed by atoms with Gasteiger partial charge in [-0.15, -0.1) is 0 Å². The van der Waals surface area contributed by atoms with Crippen molar-refractivity contribution in [2.24, 2.45) is 5.92 Å². The van der Waals surface area contributed by atoms with Gasteiger partial charge in [-0.3, -0.25) is 4.79 Å². The lowest BCUT2D eigenvalue weighted by atomic mass is 9.87. The molecular formula is C21H28N4O. The zero-order valence-corrected chi connectivity index (χ0v) is 16.1. The summed E-state index contributed by atoms with van der Waals surface area (Å²) in [5.41, 5.74) is 2.80. The maximum Gasteiger partial charge on any atom is 0.272 e. The van der Waals surface area contributed by atoms with E-state index >= 15 is 0 Å². The predicted octanol–water partition coefficient (Wildman–Crippen LogP) is 4.39. The van der Waals surface area contributed by atoms with Gasteiger partial charge in [0.15, 0.2) is 0 Å². The molecule has 1 fully saturated rings. The van der Waals surface area contributed by atoms with Crippen molar-refractivity contribution in [1.29, 1.82) is 0 Å². The number of likely N-dealkylation sites (tertiary alicyclic amines) is 1. The zero-order valence-electron chi connectivity index (χ0n) is 16.1. The summed E-state index contributed by atoms with van der Waals surface area (Å²) in [6, 6.07) is 10.0. The van der Waals surface area contributed by atoms with Gasteiger partial charge in [-0.25, -0.2) is 9.97 Å². The Morgan fingerprint density at radius 2 is 1.77 bits per heavy atom. The number of benzene rings is 1. The lowest BCUT2D eigenvalue weighted by molar-refractivity contribution is 0.0691. The van der Waals surface area contributed by atoms with Crippen molar-refractivity contribution in [3.05, 3.63) is 47.9 Å². The molecule has 1 amide bonds. The van der Waals surface area contributed by atoms with Crippen LogP contribution in [0.4, 0.5) is 11.5 Å². The number of rotatable bonds is 3. The molecule has 0 radical (unpaired) electrons. The predicted molar refractivity (Wildman–Crippen MR) is 105 cm³/mol. The zero-order chi connectivity index (χ0) is 18.7. The van der Waals surface area contributed by atoms with Crippen LogP contribution in [0.5, 0.6) is 0 Å². The molecule has 0 unspecified atom stereocenters. The van der Waals surface area contributed by atoms with Crippen molar-refractivity contribution in [1.82, 2.24) is 14.9 Å². The fourth-order valence-electron chi connectivity index (χ4n) is 3.12. The Morgan fingerprint density at radius 3 is 2.38 bits per heavy atom. The standard InChI is InChI=1S/C21H28N4O/c1-15-9-11-25(12-10-15)20(26)18-13-19(23-14-22-18)24-17-7-5-16(6-8-17)21(2,3)4/h5-8,13-15H,9-12H2,1-4H3,(H,22,23,24). The van der Waals surface area contributed by atoms with E-state index in [4.69, 9.17) is 0 Å². The Bertz CT molecular complexity index is 756. The van der Waals surface area contributed by atoms with Crippen molar-refractivity contribution >= 4 is 17.4 Å². The summed E-state index contributed by atoms with van der Waals surface area (Å²) >= 11 is 0. The number of nitrogens with zero attached hydrogens (tertiary/aromatic N) is 3. The first kappa shape index (κ1) is 18.4. The molecule has 1 aromatic carbocycles. The van der Waals surface area contributed by atoms with E-state index < -0.39 is 0 Å². The lowest BCUT2D eigenvalue weighted by Crippen LogP contribution is -2.38. The van der Waals surface area contributed by atoms with E-state index in [2.05, 4.69) is 55.1 Å². The van der Waals surface area contributed by atoms with Crippen LogP contribution in [0.1, 0.15) is 56.6 Å². The SMILES string of the molecule is CC1CCN(C(=O)c2cc(Nc3ccc(C(C)(C)C)cc3)ncn2)CC1. The molecule has 2 aromatic rings. The molecule has 0 atom stereocenters. The molecule has 0 spiro atoms. The number of carbonyl (C=O) groups excluding carboxylic acids is 1. The number of piperidine rings is 1. The highest BCUT2D eigenvalue weighted by atomic mass is 16.2. The van der Waals surface area contributed by atoms with Crippen LogP contribution in [0, 0.1) is 5.92 Å². The minimum atomic E-state index is -0.00886.